The molecule has 0 aliphatic heterocycles. The van der Waals surface area contributed by atoms with Crippen molar-refractivity contribution in [2.24, 2.45) is 5.92 Å². The number of rotatable bonds is 3. The monoisotopic (exact) mass is 251 g/mol. The highest BCUT2D eigenvalue weighted by Gasteiger charge is 2.19. The van der Waals surface area contributed by atoms with Crippen LogP contribution in [0.2, 0.25) is 0 Å². The molecule has 1 saturated carbocycles. The van der Waals surface area contributed by atoms with E-state index in [1.807, 2.05) is 12.3 Å². The van der Waals surface area contributed by atoms with Crippen LogP contribution in [0.5, 0.6) is 0 Å². The van der Waals surface area contributed by atoms with E-state index >= 15 is 0 Å². The maximum Gasteiger partial charge on any atom is 0.130 e. The molecule has 0 amide bonds. The molecule has 0 spiro atoms. The number of hydrogen-bond acceptors (Lipinski definition) is 4. The quantitative estimate of drug-likeness (QED) is 0.506. The highest BCUT2D eigenvalue weighted by atomic mass is 32.2. The summed E-state index contributed by atoms with van der Waals surface area (Å²) in [4.78, 5) is 8.51. The van der Waals surface area contributed by atoms with Crippen molar-refractivity contribution in [1.29, 1.82) is 0 Å². The number of nitrogens with one attached hydrogen (secondary N) is 1. The van der Waals surface area contributed by atoms with Gasteiger partial charge in [0.2, 0.25) is 0 Å². The normalized spacial score (nSPS) is 25.3. The molecule has 0 bridgehead atoms. The van der Waals surface area contributed by atoms with Crippen LogP contribution < -0.4 is 5.32 Å². The van der Waals surface area contributed by atoms with Crippen molar-refractivity contribution in [2.45, 2.75) is 50.1 Å². The minimum absolute atomic E-state index is 0.571. The van der Waals surface area contributed by atoms with E-state index in [4.69, 9.17) is 0 Å². The summed E-state index contributed by atoms with van der Waals surface area (Å²) in [6, 6.07) is 2.62. The minimum atomic E-state index is 0.571. The van der Waals surface area contributed by atoms with Crippen LogP contribution >= 0.6 is 11.8 Å². The summed E-state index contributed by atoms with van der Waals surface area (Å²) in [5.41, 5.74) is 0. The van der Waals surface area contributed by atoms with Crippen molar-refractivity contribution < 1.29 is 0 Å². The summed E-state index contributed by atoms with van der Waals surface area (Å²) < 4.78 is 0. The van der Waals surface area contributed by atoms with Gasteiger partial charge < -0.3 is 5.32 Å². The zero-order valence-corrected chi connectivity index (χ0v) is 11.5. The Morgan fingerprint density at radius 2 is 2.06 bits per heavy atom. The summed E-state index contributed by atoms with van der Waals surface area (Å²) in [5.74, 6) is 1.72. The number of hydrogen-bond donors (Lipinski definition) is 1. The molecule has 1 aromatic rings. The van der Waals surface area contributed by atoms with Gasteiger partial charge in [0.05, 0.1) is 0 Å². The van der Waals surface area contributed by atoms with Gasteiger partial charge in [0.15, 0.2) is 0 Å². The standard InChI is InChI=1S/C13H21N3S/c1-10-6-4-3-5-7-11(10)16-12-8-13(17-2)15-9-14-12/h8-11H,3-7H2,1-2H3,(H,14,15,16). The molecule has 1 aliphatic rings. The highest BCUT2D eigenvalue weighted by molar-refractivity contribution is 7.98. The lowest BCUT2D eigenvalue weighted by molar-refractivity contribution is 0.455. The molecule has 94 valence electrons. The lowest BCUT2D eigenvalue weighted by atomic mass is 9.97. The Morgan fingerprint density at radius 1 is 1.24 bits per heavy atom. The predicted octanol–water partition coefficient (Wildman–Crippen LogP) is 3.58. The summed E-state index contributed by atoms with van der Waals surface area (Å²) >= 11 is 1.66. The van der Waals surface area contributed by atoms with Crippen LogP contribution in [0.25, 0.3) is 0 Å². The molecule has 17 heavy (non-hydrogen) atoms. The van der Waals surface area contributed by atoms with Crippen molar-refractivity contribution in [3.05, 3.63) is 12.4 Å². The first-order valence-corrected chi connectivity index (χ1v) is 7.64. The third-order valence-electron chi connectivity index (χ3n) is 3.55. The van der Waals surface area contributed by atoms with Crippen molar-refractivity contribution >= 4 is 17.6 Å². The highest BCUT2D eigenvalue weighted by Crippen LogP contribution is 2.25. The molecule has 0 saturated heterocycles. The fourth-order valence-corrected chi connectivity index (χ4v) is 2.81. The molecule has 3 nitrogen and oxygen atoms in total. The van der Waals surface area contributed by atoms with E-state index in [0.717, 1.165) is 16.8 Å². The average molecular weight is 251 g/mol. The van der Waals surface area contributed by atoms with Gasteiger partial charge in [-0.05, 0) is 25.0 Å². The SMILES string of the molecule is CSc1cc(NC2CCCCCC2C)ncn1. The van der Waals surface area contributed by atoms with Crippen molar-refractivity contribution in [3.63, 3.8) is 0 Å². The second-order valence-corrected chi connectivity index (χ2v) is 5.64. The van der Waals surface area contributed by atoms with Crippen LogP contribution in [0, 0.1) is 5.92 Å². The van der Waals surface area contributed by atoms with Crippen LogP contribution in [-0.2, 0) is 0 Å². The van der Waals surface area contributed by atoms with E-state index < -0.39 is 0 Å². The largest absolute Gasteiger partial charge is 0.367 e. The van der Waals surface area contributed by atoms with Gasteiger partial charge in [-0.25, -0.2) is 9.97 Å². The van der Waals surface area contributed by atoms with Crippen LogP contribution in [-0.4, -0.2) is 22.3 Å². The second kappa shape index (κ2) is 6.24. The van der Waals surface area contributed by atoms with Crippen molar-refractivity contribution in [1.82, 2.24) is 9.97 Å². The molecule has 0 aromatic carbocycles. The smallest absolute Gasteiger partial charge is 0.130 e. The molecule has 1 aliphatic carbocycles. The second-order valence-electron chi connectivity index (χ2n) is 4.81. The zero-order chi connectivity index (χ0) is 12.1. The first-order chi connectivity index (χ1) is 8.29. The maximum atomic E-state index is 4.31. The number of thioether (sulfide) groups is 1. The maximum absolute atomic E-state index is 4.31. The van der Waals surface area contributed by atoms with Gasteiger partial charge in [-0.1, -0.05) is 26.2 Å². The van der Waals surface area contributed by atoms with Gasteiger partial charge in [0.1, 0.15) is 17.2 Å². The number of anilines is 1. The summed E-state index contributed by atoms with van der Waals surface area (Å²) in [7, 11) is 0. The Morgan fingerprint density at radius 3 is 2.88 bits per heavy atom. The van der Waals surface area contributed by atoms with Crippen LogP contribution in [0.4, 0.5) is 5.82 Å². The lowest BCUT2D eigenvalue weighted by Crippen LogP contribution is -2.26. The molecule has 2 rings (SSSR count). The van der Waals surface area contributed by atoms with Crippen LogP contribution in [0.3, 0.4) is 0 Å². The van der Waals surface area contributed by atoms with Crippen LogP contribution in [0.1, 0.15) is 39.0 Å². The van der Waals surface area contributed by atoms with Gasteiger partial charge in [0, 0.05) is 12.1 Å². The van der Waals surface area contributed by atoms with E-state index in [-0.39, 0.29) is 0 Å². The Balaban J connectivity index is 2.02. The van der Waals surface area contributed by atoms with Gasteiger partial charge in [0.25, 0.3) is 0 Å². The molecule has 1 aromatic heterocycles. The third kappa shape index (κ3) is 3.60. The molecule has 2 atom stereocenters. The Kier molecular flexibility index (Phi) is 4.66. The zero-order valence-electron chi connectivity index (χ0n) is 10.6. The van der Waals surface area contributed by atoms with Gasteiger partial charge in [-0.2, -0.15) is 0 Å². The molecular weight excluding hydrogens is 230 g/mol. The minimum Gasteiger partial charge on any atom is -0.367 e. The summed E-state index contributed by atoms with van der Waals surface area (Å²) in [6.07, 6.45) is 10.4. The lowest BCUT2D eigenvalue weighted by Gasteiger charge is -2.23. The molecular formula is C13H21N3S. The number of nitrogens with zero attached hydrogens (tertiary/aromatic N) is 2. The predicted molar refractivity (Wildman–Crippen MR) is 73.5 cm³/mol. The fourth-order valence-electron chi connectivity index (χ4n) is 2.43. The fraction of sp³-hybridized carbons (Fsp3) is 0.692. The van der Waals surface area contributed by atoms with Gasteiger partial charge >= 0.3 is 0 Å². The van der Waals surface area contributed by atoms with Gasteiger partial charge in [-0.3, -0.25) is 0 Å². The first kappa shape index (κ1) is 12.7. The third-order valence-corrected chi connectivity index (χ3v) is 4.19. The summed E-state index contributed by atoms with van der Waals surface area (Å²) in [6.45, 7) is 2.35. The molecule has 4 heteroatoms. The summed E-state index contributed by atoms with van der Waals surface area (Å²) in [5, 5.41) is 4.61. The molecule has 1 N–H and O–H groups in total. The Labute approximate surface area is 108 Å². The first-order valence-electron chi connectivity index (χ1n) is 6.42. The van der Waals surface area contributed by atoms with Crippen molar-refractivity contribution in [3.8, 4) is 0 Å². The average Bonchev–Trinajstić information content (AvgIpc) is 2.55. The molecule has 1 fully saturated rings. The molecule has 0 radical (unpaired) electrons. The van der Waals surface area contributed by atoms with Crippen molar-refractivity contribution in [2.75, 3.05) is 11.6 Å². The van der Waals surface area contributed by atoms with E-state index in [1.165, 1.54) is 32.1 Å². The molecule has 1 heterocycles. The van der Waals surface area contributed by atoms with E-state index in [2.05, 4.69) is 22.2 Å². The van der Waals surface area contributed by atoms with E-state index in [9.17, 15) is 0 Å². The molecule has 2 unspecified atom stereocenters. The Bertz CT molecular complexity index is 356. The topological polar surface area (TPSA) is 37.8 Å². The Hall–Kier alpha value is -0.770. The van der Waals surface area contributed by atoms with Gasteiger partial charge in [-0.15, -0.1) is 11.8 Å². The van der Waals surface area contributed by atoms with Crippen LogP contribution in [0.15, 0.2) is 17.4 Å². The van der Waals surface area contributed by atoms with E-state index in [0.29, 0.717) is 6.04 Å². The number of aromatic nitrogens is 2. The van der Waals surface area contributed by atoms with E-state index in [1.54, 1.807) is 18.1 Å².